The molecular weight excluding hydrogens is 250 g/mol. The van der Waals surface area contributed by atoms with Crippen molar-refractivity contribution in [3.05, 3.63) is 47.2 Å². The lowest BCUT2D eigenvalue weighted by Gasteiger charge is -2.04. The molecule has 1 aromatic carbocycles. The third-order valence-electron chi connectivity index (χ3n) is 2.46. The minimum atomic E-state index is -0.325. The molecule has 0 aliphatic heterocycles. The molecule has 0 radical (unpaired) electrons. The Morgan fingerprint density at radius 2 is 1.85 bits per heavy atom. The monoisotopic (exact) mass is 275 g/mol. The van der Waals surface area contributed by atoms with Gasteiger partial charge in [0.15, 0.2) is 0 Å². The highest BCUT2D eigenvalue weighted by atomic mass is 16.1. The lowest BCUT2D eigenvalue weighted by atomic mass is 10.1. The van der Waals surface area contributed by atoms with Crippen molar-refractivity contribution in [1.29, 1.82) is 5.41 Å². The molecule has 0 aliphatic rings. The summed E-state index contributed by atoms with van der Waals surface area (Å²) in [5.41, 5.74) is 7.80. The first kappa shape index (κ1) is 17.9. The summed E-state index contributed by atoms with van der Waals surface area (Å²) < 4.78 is 0. The molecule has 0 saturated heterocycles. The maximum absolute atomic E-state index is 11.5. The lowest BCUT2D eigenvalue weighted by molar-refractivity contribution is -0.117. The summed E-state index contributed by atoms with van der Waals surface area (Å²) in [6.45, 7) is 8.54. The molecule has 0 saturated carbocycles. The van der Waals surface area contributed by atoms with Crippen molar-refractivity contribution in [2.24, 2.45) is 5.73 Å². The number of hydrogen-bond donors (Lipinski definition) is 3. The molecule has 20 heavy (non-hydrogen) atoms. The van der Waals surface area contributed by atoms with Gasteiger partial charge in [0, 0.05) is 6.54 Å². The normalized spacial score (nSPS) is 10.3. The third kappa shape index (κ3) is 6.18. The zero-order valence-corrected chi connectivity index (χ0v) is 12.8. The number of allylic oxidation sites excluding steroid dienone is 1. The van der Waals surface area contributed by atoms with Gasteiger partial charge in [0.25, 0.3) is 5.91 Å². The van der Waals surface area contributed by atoms with Crippen LogP contribution in [0, 0.1) is 12.3 Å². The van der Waals surface area contributed by atoms with Gasteiger partial charge in [-0.05, 0) is 25.0 Å². The molecule has 0 unspecified atom stereocenters. The maximum Gasteiger partial charge on any atom is 0.267 e. The van der Waals surface area contributed by atoms with Crippen LogP contribution in [0.2, 0.25) is 0 Å². The van der Waals surface area contributed by atoms with Crippen molar-refractivity contribution >= 4 is 11.6 Å². The molecule has 0 bridgehead atoms. The topological polar surface area (TPSA) is 79.0 Å². The van der Waals surface area contributed by atoms with Gasteiger partial charge in [-0.25, -0.2) is 0 Å². The van der Waals surface area contributed by atoms with E-state index in [9.17, 15) is 4.79 Å². The molecule has 0 fully saturated rings. The molecule has 110 valence electrons. The minimum absolute atomic E-state index is 0.0639. The Labute approximate surface area is 121 Å². The van der Waals surface area contributed by atoms with Crippen LogP contribution in [-0.4, -0.2) is 18.2 Å². The van der Waals surface area contributed by atoms with E-state index in [1.807, 2.05) is 52.0 Å². The maximum atomic E-state index is 11.5. The lowest BCUT2D eigenvalue weighted by Crippen LogP contribution is -2.29. The number of carbonyl (C=O) groups excluding carboxylic acids is 1. The predicted molar refractivity (Wildman–Crippen MR) is 84.9 cm³/mol. The van der Waals surface area contributed by atoms with Crippen LogP contribution in [0.25, 0.3) is 0 Å². The Bertz CT molecular complexity index is 461. The second-order valence-electron chi connectivity index (χ2n) is 4.14. The Hall–Kier alpha value is -2.10. The molecule has 0 aliphatic carbocycles. The van der Waals surface area contributed by atoms with Crippen LogP contribution < -0.4 is 11.1 Å². The SMILES string of the molecule is CC.CCCNC(=O)/C(N)=C/C(=N)c1ccc(C)cc1. The smallest absolute Gasteiger partial charge is 0.267 e. The summed E-state index contributed by atoms with van der Waals surface area (Å²) >= 11 is 0. The zero-order chi connectivity index (χ0) is 15.5. The van der Waals surface area contributed by atoms with E-state index in [-0.39, 0.29) is 17.3 Å². The van der Waals surface area contributed by atoms with Crippen LogP contribution in [0.15, 0.2) is 36.0 Å². The average Bonchev–Trinajstić information content (AvgIpc) is 2.47. The van der Waals surface area contributed by atoms with Crippen LogP contribution >= 0.6 is 0 Å². The van der Waals surface area contributed by atoms with Crippen molar-refractivity contribution in [2.75, 3.05) is 6.54 Å². The van der Waals surface area contributed by atoms with E-state index in [0.29, 0.717) is 6.54 Å². The van der Waals surface area contributed by atoms with E-state index in [4.69, 9.17) is 11.1 Å². The molecule has 1 aromatic rings. The van der Waals surface area contributed by atoms with Crippen molar-refractivity contribution in [2.45, 2.75) is 34.1 Å². The highest BCUT2D eigenvalue weighted by molar-refractivity contribution is 6.10. The molecule has 4 N–H and O–H groups in total. The number of carbonyl (C=O) groups is 1. The van der Waals surface area contributed by atoms with Gasteiger partial charge < -0.3 is 16.5 Å². The Morgan fingerprint density at radius 1 is 1.30 bits per heavy atom. The predicted octanol–water partition coefficient (Wildman–Crippen LogP) is 2.76. The highest BCUT2D eigenvalue weighted by Crippen LogP contribution is 2.05. The Balaban J connectivity index is 0.00000172. The molecule has 1 amide bonds. The fourth-order valence-corrected chi connectivity index (χ4v) is 1.38. The van der Waals surface area contributed by atoms with Crippen LogP contribution in [0.5, 0.6) is 0 Å². The van der Waals surface area contributed by atoms with Gasteiger partial charge in [-0.15, -0.1) is 0 Å². The molecule has 0 heterocycles. The van der Waals surface area contributed by atoms with Crippen LogP contribution in [0.1, 0.15) is 38.3 Å². The van der Waals surface area contributed by atoms with Crippen LogP contribution in [0.4, 0.5) is 0 Å². The summed E-state index contributed by atoms with van der Waals surface area (Å²) in [6, 6.07) is 7.52. The number of hydrogen-bond acceptors (Lipinski definition) is 3. The number of amides is 1. The summed E-state index contributed by atoms with van der Waals surface area (Å²) in [5.74, 6) is -0.325. The van der Waals surface area contributed by atoms with Crippen molar-refractivity contribution in [3.8, 4) is 0 Å². The number of nitrogens with one attached hydrogen (secondary N) is 2. The molecule has 1 rings (SSSR count). The van der Waals surface area contributed by atoms with E-state index in [1.54, 1.807) is 0 Å². The van der Waals surface area contributed by atoms with E-state index in [2.05, 4.69) is 5.32 Å². The number of nitrogens with two attached hydrogens (primary N) is 1. The Morgan fingerprint density at radius 3 is 2.35 bits per heavy atom. The fraction of sp³-hybridized carbons (Fsp3) is 0.375. The number of rotatable bonds is 5. The standard InChI is InChI=1S/C14H19N3O.C2H6/c1-3-8-17-14(18)13(16)9-12(15)11-6-4-10(2)5-7-11;1-2/h4-7,9,15H,3,8,16H2,1-2H3,(H,17,18);1-2H3/b13-9-,15-12?;. The molecule has 4 nitrogen and oxygen atoms in total. The number of aryl methyl sites for hydroxylation is 1. The molecular formula is C16H25N3O. The van der Waals surface area contributed by atoms with E-state index in [1.165, 1.54) is 6.08 Å². The minimum Gasteiger partial charge on any atom is -0.394 e. The van der Waals surface area contributed by atoms with Gasteiger partial charge in [-0.2, -0.15) is 0 Å². The number of benzene rings is 1. The first-order chi connectivity index (χ1) is 9.54. The van der Waals surface area contributed by atoms with E-state index >= 15 is 0 Å². The largest absolute Gasteiger partial charge is 0.394 e. The molecule has 0 spiro atoms. The van der Waals surface area contributed by atoms with Crippen molar-refractivity contribution < 1.29 is 4.79 Å². The van der Waals surface area contributed by atoms with Gasteiger partial charge in [0.2, 0.25) is 0 Å². The van der Waals surface area contributed by atoms with Gasteiger partial charge in [-0.1, -0.05) is 50.6 Å². The second-order valence-corrected chi connectivity index (χ2v) is 4.14. The Kier molecular flexibility index (Phi) is 8.75. The van der Waals surface area contributed by atoms with Crippen LogP contribution in [0.3, 0.4) is 0 Å². The fourth-order valence-electron chi connectivity index (χ4n) is 1.38. The summed E-state index contributed by atoms with van der Waals surface area (Å²) in [5, 5.41) is 10.5. The molecule has 4 heteroatoms. The third-order valence-corrected chi connectivity index (χ3v) is 2.46. The quantitative estimate of drug-likeness (QED) is 0.570. The van der Waals surface area contributed by atoms with Gasteiger partial charge in [0.1, 0.15) is 0 Å². The first-order valence-corrected chi connectivity index (χ1v) is 6.95. The summed E-state index contributed by atoms with van der Waals surface area (Å²) in [7, 11) is 0. The van der Waals surface area contributed by atoms with E-state index < -0.39 is 0 Å². The first-order valence-electron chi connectivity index (χ1n) is 6.95. The summed E-state index contributed by atoms with van der Waals surface area (Å²) in [6.07, 6.45) is 2.24. The summed E-state index contributed by atoms with van der Waals surface area (Å²) in [4.78, 5) is 11.5. The van der Waals surface area contributed by atoms with Gasteiger partial charge in [-0.3, -0.25) is 4.79 Å². The average molecular weight is 275 g/mol. The van der Waals surface area contributed by atoms with Gasteiger partial charge in [0.05, 0.1) is 11.4 Å². The van der Waals surface area contributed by atoms with E-state index in [0.717, 1.165) is 17.5 Å². The van der Waals surface area contributed by atoms with Gasteiger partial charge >= 0.3 is 0 Å². The molecule has 0 aromatic heterocycles. The second kappa shape index (κ2) is 9.78. The highest BCUT2D eigenvalue weighted by Gasteiger charge is 2.06. The zero-order valence-electron chi connectivity index (χ0n) is 12.8. The van der Waals surface area contributed by atoms with Crippen molar-refractivity contribution in [1.82, 2.24) is 5.32 Å². The van der Waals surface area contributed by atoms with Crippen LogP contribution in [-0.2, 0) is 4.79 Å². The van der Waals surface area contributed by atoms with Crippen molar-refractivity contribution in [3.63, 3.8) is 0 Å². The molecule has 0 atom stereocenters.